The van der Waals surface area contributed by atoms with Gasteiger partial charge in [-0.1, -0.05) is 6.08 Å². The first-order valence-electron chi connectivity index (χ1n) is 4.27. The number of aryl methyl sites for hydroxylation is 1. The predicted molar refractivity (Wildman–Crippen MR) is 62.3 cm³/mol. The van der Waals surface area contributed by atoms with Gasteiger partial charge in [0.1, 0.15) is 17.5 Å². The number of nitrogens with zero attached hydrogens (tertiary/aromatic N) is 3. The molecule has 0 unspecified atom stereocenters. The average molecular weight is 221 g/mol. The molecule has 1 aromatic heterocycles. The van der Waals surface area contributed by atoms with Crippen molar-refractivity contribution in [1.82, 2.24) is 15.1 Å². The molecule has 5 nitrogen and oxygen atoms in total. The SMILES string of the molecule is C=CCNC(=S)Nc1c(C#N)cnn1C. The van der Waals surface area contributed by atoms with Crippen molar-refractivity contribution in [2.75, 3.05) is 11.9 Å². The van der Waals surface area contributed by atoms with E-state index in [1.807, 2.05) is 6.07 Å². The second kappa shape index (κ2) is 5.12. The summed E-state index contributed by atoms with van der Waals surface area (Å²) < 4.78 is 1.56. The first-order valence-corrected chi connectivity index (χ1v) is 4.67. The molecule has 0 radical (unpaired) electrons. The summed E-state index contributed by atoms with van der Waals surface area (Å²) in [5.74, 6) is 0.582. The van der Waals surface area contributed by atoms with Gasteiger partial charge in [-0.3, -0.25) is 4.68 Å². The highest BCUT2D eigenvalue weighted by atomic mass is 32.1. The van der Waals surface area contributed by atoms with Crippen LogP contribution in [0.3, 0.4) is 0 Å². The maximum absolute atomic E-state index is 8.80. The van der Waals surface area contributed by atoms with Gasteiger partial charge in [0.15, 0.2) is 5.11 Å². The van der Waals surface area contributed by atoms with Gasteiger partial charge in [0.25, 0.3) is 0 Å². The van der Waals surface area contributed by atoms with E-state index in [1.165, 1.54) is 6.20 Å². The third-order valence-electron chi connectivity index (χ3n) is 1.70. The molecule has 0 saturated heterocycles. The molecule has 1 aromatic rings. The van der Waals surface area contributed by atoms with Crippen molar-refractivity contribution in [1.29, 1.82) is 5.26 Å². The zero-order valence-corrected chi connectivity index (χ0v) is 9.14. The molecule has 0 aliphatic rings. The molecule has 1 heterocycles. The van der Waals surface area contributed by atoms with Crippen LogP contribution in [-0.2, 0) is 7.05 Å². The number of hydrogen-bond acceptors (Lipinski definition) is 3. The van der Waals surface area contributed by atoms with E-state index in [0.29, 0.717) is 23.0 Å². The van der Waals surface area contributed by atoms with Gasteiger partial charge in [-0.05, 0) is 12.2 Å². The number of thiocarbonyl (C=S) groups is 1. The van der Waals surface area contributed by atoms with Gasteiger partial charge in [-0.15, -0.1) is 6.58 Å². The van der Waals surface area contributed by atoms with Gasteiger partial charge in [-0.2, -0.15) is 10.4 Å². The molecule has 2 N–H and O–H groups in total. The van der Waals surface area contributed by atoms with E-state index >= 15 is 0 Å². The number of hydrogen-bond donors (Lipinski definition) is 2. The zero-order chi connectivity index (χ0) is 11.3. The monoisotopic (exact) mass is 221 g/mol. The first-order chi connectivity index (χ1) is 7.19. The van der Waals surface area contributed by atoms with Crippen molar-refractivity contribution in [3.8, 4) is 6.07 Å². The van der Waals surface area contributed by atoms with E-state index in [4.69, 9.17) is 17.5 Å². The molecule has 0 aromatic carbocycles. The topological polar surface area (TPSA) is 65.7 Å². The quantitative estimate of drug-likeness (QED) is 0.583. The summed E-state index contributed by atoms with van der Waals surface area (Å²) in [6, 6.07) is 2.02. The lowest BCUT2D eigenvalue weighted by atomic mass is 10.3. The summed E-state index contributed by atoms with van der Waals surface area (Å²) in [5.41, 5.74) is 0.459. The molecule has 78 valence electrons. The normalized spacial score (nSPS) is 9.07. The third kappa shape index (κ3) is 2.79. The number of nitrogens with one attached hydrogen (secondary N) is 2. The minimum atomic E-state index is 0.440. The van der Waals surface area contributed by atoms with Crippen LogP contribution in [-0.4, -0.2) is 21.4 Å². The smallest absolute Gasteiger partial charge is 0.172 e. The van der Waals surface area contributed by atoms with Gasteiger partial charge < -0.3 is 10.6 Å². The second-order valence-electron chi connectivity index (χ2n) is 2.77. The highest BCUT2D eigenvalue weighted by molar-refractivity contribution is 7.80. The van der Waals surface area contributed by atoms with Gasteiger partial charge in [0.05, 0.1) is 6.20 Å². The second-order valence-corrected chi connectivity index (χ2v) is 3.17. The van der Waals surface area contributed by atoms with Crippen molar-refractivity contribution in [2.24, 2.45) is 7.05 Å². The van der Waals surface area contributed by atoms with Gasteiger partial charge in [0.2, 0.25) is 0 Å². The van der Waals surface area contributed by atoms with Crippen molar-refractivity contribution >= 4 is 23.1 Å². The maximum atomic E-state index is 8.80. The lowest BCUT2D eigenvalue weighted by molar-refractivity contribution is 0.777. The molecule has 0 spiro atoms. The highest BCUT2D eigenvalue weighted by Gasteiger charge is 2.08. The van der Waals surface area contributed by atoms with E-state index < -0.39 is 0 Å². The Bertz CT molecular complexity index is 415. The molecule has 0 atom stereocenters. The Morgan fingerprint density at radius 2 is 2.60 bits per heavy atom. The zero-order valence-electron chi connectivity index (χ0n) is 8.32. The van der Waals surface area contributed by atoms with Crippen LogP contribution in [0.15, 0.2) is 18.9 Å². The van der Waals surface area contributed by atoms with Crippen LogP contribution in [0.1, 0.15) is 5.56 Å². The molecule has 6 heteroatoms. The first kappa shape index (κ1) is 11.2. The van der Waals surface area contributed by atoms with E-state index in [2.05, 4.69) is 22.3 Å². The fraction of sp³-hybridized carbons (Fsp3) is 0.222. The minimum Gasteiger partial charge on any atom is -0.359 e. The van der Waals surface area contributed by atoms with Crippen molar-refractivity contribution in [2.45, 2.75) is 0 Å². The fourth-order valence-corrected chi connectivity index (χ4v) is 1.16. The Hall–Kier alpha value is -1.87. The fourth-order valence-electron chi connectivity index (χ4n) is 0.984. The lowest BCUT2D eigenvalue weighted by Gasteiger charge is -2.08. The molecular formula is C9H11N5S. The molecule has 0 bridgehead atoms. The van der Waals surface area contributed by atoms with Crippen LogP contribution in [0, 0.1) is 11.3 Å². The Morgan fingerprint density at radius 3 is 3.20 bits per heavy atom. The highest BCUT2D eigenvalue weighted by Crippen LogP contribution is 2.11. The standard InChI is InChI=1S/C9H11N5S/c1-3-4-11-9(15)13-8-7(5-10)6-12-14(8)2/h3,6H,1,4H2,2H3,(H2,11,13,15). The number of nitriles is 1. The molecule has 0 aliphatic carbocycles. The Morgan fingerprint density at radius 1 is 1.87 bits per heavy atom. The van der Waals surface area contributed by atoms with Gasteiger partial charge >= 0.3 is 0 Å². The molecule has 0 amide bonds. The Kier molecular flexibility index (Phi) is 3.83. The molecular weight excluding hydrogens is 210 g/mol. The van der Waals surface area contributed by atoms with Gasteiger partial charge in [-0.25, -0.2) is 0 Å². The summed E-state index contributed by atoms with van der Waals surface area (Å²) in [4.78, 5) is 0. The average Bonchev–Trinajstić information content (AvgIpc) is 2.57. The summed E-state index contributed by atoms with van der Waals surface area (Å²) in [7, 11) is 1.74. The number of aromatic nitrogens is 2. The van der Waals surface area contributed by atoms with E-state index in [1.54, 1.807) is 17.8 Å². The lowest BCUT2D eigenvalue weighted by Crippen LogP contribution is -2.29. The molecule has 0 saturated carbocycles. The molecule has 0 fully saturated rings. The van der Waals surface area contributed by atoms with E-state index in [-0.39, 0.29) is 0 Å². The van der Waals surface area contributed by atoms with Crippen molar-refractivity contribution < 1.29 is 0 Å². The van der Waals surface area contributed by atoms with Crippen molar-refractivity contribution in [3.63, 3.8) is 0 Å². The van der Waals surface area contributed by atoms with E-state index in [0.717, 1.165) is 0 Å². The van der Waals surface area contributed by atoms with Gasteiger partial charge in [0, 0.05) is 13.6 Å². The molecule has 0 aliphatic heterocycles. The summed E-state index contributed by atoms with van der Waals surface area (Å²) in [6.45, 7) is 4.14. The largest absolute Gasteiger partial charge is 0.359 e. The van der Waals surface area contributed by atoms with Crippen LogP contribution in [0.4, 0.5) is 5.82 Å². The van der Waals surface area contributed by atoms with Crippen LogP contribution in [0.2, 0.25) is 0 Å². The van der Waals surface area contributed by atoms with Crippen LogP contribution in [0.5, 0.6) is 0 Å². The molecule has 15 heavy (non-hydrogen) atoms. The van der Waals surface area contributed by atoms with Crippen LogP contribution < -0.4 is 10.6 Å². The maximum Gasteiger partial charge on any atom is 0.172 e. The van der Waals surface area contributed by atoms with E-state index in [9.17, 15) is 0 Å². The predicted octanol–water partition coefficient (Wildman–Crippen LogP) is 0.764. The Balaban J connectivity index is 2.71. The number of anilines is 1. The van der Waals surface area contributed by atoms with Crippen LogP contribution in [0.25, 0.3) is 0 Å². The third-order valence-corrected chi connectivity index (χ3v) is 1.94. The summed E-state index contributed by atoms with van der Waals surface area (Å²) in [6.07, 6.45) is 3.18. The Labute approximate surface area is 93.4 Å². The minimum absolute atomic E-state index is 0.440. The molecule has 1 rings (SSSR count). The van der Waals surface area contributed by atoms with Crippen LogP contribution >= 0.6 is 12.2 Å². The number of rotatable bonds is 3. The van der Waals surface area contributed by atoms with Crippen molar-refractivity contribution in [3.05, 3.63) is 24.4 Å². The summed E-state index contributed by atoms with van der Waals surface area (Å²) >= 11 is 5.01. The summed E-state index contributed by atoms with van der Waals surface area (Å²) in [5, 5.41) is 19.0.